The van der Waals surface area contributed by atoms with Crippen molar-refractivity contribution in [3.05, 3.63) is 0 Å². The summed E-state index contributed by atoms with van der Waals surface area (Å²) in [6.45, 7) is -1.25. The van der Waals surface area contributed by atoms with Gasteiger partial charge in [-0.1, -0.05) is 26.2 Å². The summed E-state index contributed by atoms with van der Waals surface area (Å²) in [6.07, 6.45) is -6.41. The van der Waals surface area contributed by atoms with Gasteiger partial charge in [0, 0.05) is 6.42 Å². The molecule has 1 atom stereocenters. The molecule has 194 valence electrons. The van der Waals surface area contributed by atoms with E-state index in [4.69, 9.17) is 4.55 Å². The molecule has 1 saturated carbocycles. The van der Waals surface area contributed by atoms with Crippen molar-refractivity contribution in [1.82, 2.24) is 0 Å². The quantitative estimate of drug-likeness (QED) is 0.189. The van der Waals surface area contributed by atoms with Crippen molar-refractivity contribution in [3.63, 3.8) is 0 Å². The lowest BCUT2D eigenvalue weighted by atomic mass is 9.89. The third-order valence-electron chi connectivity index (χ3n) is 4.73. The number of alkyl halides is 7. The molecule has 1 N–H and O–H groups in total. The largest absolute Gasteiger partial charge is 0.468 e. The minimum absolute atomic E-state index is 0.00883. The minimum atomic E-state index is -6.65. The van der Waals surface area contributed by atoms with E-state index in [9.17, 15) is 48.7 Å². The molecule has 1 aliphatic carbocycles. The van der Waals surface area contributed by atoms with Crippen molar-refractivity contribution in [2.45, 2.75) is 75.0 Å². The Morgan fingerprint density at radius 2 is 1.52 bits per heavy atom. The Kier molecular flexibility index (Phi) is 9.53. The lowest BCUT2D eigenvalue weighted by Gasteiger charge is -2.34. The summed E-state index contributed by atoms with van der Waals surface area (Å²) < 4.78 is 138. The summed E-state index contributed by atoms with van der Waals surface area (Å²) >= 11 is 0. The maximum absolute atomic E-state index is 13.8. The lowest BCUT2D eigenvalue weighted by Crippen LogP contribution is -2.59. The zero-order valence-corrected chi connectivity index (χ0v) is 18.1. The lowest BCUT2D eigenvalue weighted by molar-refractivity contribution is -0.359. The van der Waals surface area contributed by atoms with Gasteiger partial charge in [-0.05, 0) is 19.3 Å². The zero-order valence-electron chi connectivity index (χ0n) is 17.3. The third-order valence-corrected chi connectivity index (χ3v) is 5.68. The maximum atomic E-state index is 13.8. The van der Waals surface area contributed by atoms with Gasteiger partial charge in [0.05, 0.1) is 19.1 Å². The first-order valence-electron chi connectivity index (χ1n) is 9.76. The van der Waals surface area contributed by atoms with Crippen LogP contribution in [0.1, 0.15) is 51.9 Å². The van der Waals surface area contributed by atoms with Crippen molar-refractivity contribution in [1.29, 1.82) is 0 Å². The molecule has 0 aromatic rings. The second-order valence-electron chi connectivity index (χ2n) is 7.30. The number of halogens is 7. The van der Waals surface area contributed by atoms with Gasteiger partial charge < -0.3 is 14.2 Å². The summed E-state index contributed by atoms with van der Waals surface area (Å²) in [5, 5.41) is -6.08. The highest BCUT2D eigenvalue weighted by Gasteiger charge is 2.69. The van der Waals surface area contributed by atoms with Crippen LogP contribution in [0, 0.1) is 5.92 Å². The fourth-order valence-corrected chi connectivity index (χ4v) is 3.38. The van der Waals surface area contributed by atoms with Crippen LogP contribution in [0.2, 0.25) is 0 Å². The van der Waals surface area contributed by atoms with Gasteiger partial charge in [0.2, 0.25) is 0 Å². The van der Waals surface area contributed by atoms with Crippen molar-refractivity contribution in [2.75, 3.05) is 13.2 Å². The molecule has 1 aliphatic rings. The average Bonchev–Trinajstić information content (AvgIpc) is 2.69. The van der Waals surface area contributed by atoms with Crippen LogP contribution in [0.15, 0.2) is 0 Å². The Labute approximate surface area is 184 Å². The predicted octanol–water partition coefficient (Wildman–Crippen LogP) is 3.84. The molecule has 0 heterocycles. The molecule has 0 aromatic heterocycles. The number of rotatable bonds is 11. The Hall–Kier alpha value is -1.68. The Balaban J connectivity index is 3.22. The minimum Gasteiger partial charge on any atom is -0.461 e. The summed E-state index contributed by atoms with van der Waals surface area (Å²) in [6, 6.07) is 0. The molecule has 0 aromatic carbocycles. The Morgan fingerprint density at radius 1 is 0.970 bits per heavy atom. The second-order valence-corrected chi connectivity index (χ2v) is 8.76. The number of carbonyl (C=O) groups excluding carboxylic acids is 2. The summed E-state index contributed by atoms with van der Waals surface area (Å²) in [7, 11) is -6.65. The molecule has 0 spiro atoms. The molecule has 1 rings (SSSR count). The molecular formula is C17H23F7O8S. The maximum Gasteiger partial charge on any atom is 0.468 e. The molecule has 0 aliphatic heterocycles. The fraction of sp³-hybridized carbons (Fsp3) is 0.882. The van der Waals surface area contributed by atoms with Gasteiger partial charge in [-0.25, -0.2) is 4.79 Å². The van der Waals surface area contributed by atoms with E-state index in [0.717, 1.165) is 0 Å². The van der Waals surface area contributed by atoms with Crippen molar-refractivity contribution in [3.8, 4) is 0 Å². The van der Waals surface area contributed by atoms with Gasteiger partial charge in [0.15, 0.2) is 0 Å². The van der Waals surface area contributed by atoms with Crippen LogP contribution < -0.4 is 0 Å². The summed E-state index contributed by atoms with van der Waals surface area (Å²) in [5.41, 5.74) is 0. The van der Waals surface area contributed by atoms with Gasteiger partial charge in [0.1, 0.15) is 0 Å². The molecule has 8 nitrogen and oxygen atoms in total. The van der Waals surface area contributed by atoms with Gasteiger partial charge in [-0.15, -0.1) is 0 Å². The van der Waals surface area contributed by atoms with Crippen LogP contribution in [0.5, 0.6) is 0 Å². The van der Waals surface area contributed by atoms with E-state index in [1.54, 1.807) is 0 Å². The number of esters is 2. The standard InChI is InChI=1S/C17H23F7O8S/c1-2-9-30-13(26)15(16(20,21)22,32-12(25)11-6-4-3-5-7-11)31-10-8-14(18,19)17(23,24)33(27,28)29/h11H,2-10H2,1H3,(H,27,28,29). The highest BCUT2D eigenvalue weighted by atomic mass is 32.2. The molecular weight excluding hydrogens is 497 g/mol. The van der Waals surface area contributed by atoms with E-state index in [1.165, 1.54) is 6.92 Å². The zero-order chi connectivity index (χ0) is 25.7. The molecule has 0 radical (unpaired) electrons. The van der Waals surface area contributed by atoms with E-state index >= 15 is 0 Å². The van der Waals surface area contributed by atoms with E-state index < -0.39 is 70.7 Å². The second kappa shape index (κ2) is 10.7. The molecule has 33 heavy (non-hydrogen) atoms. The Morgan fingerprint density at radius 3 is 1.97 bits per heavy atom. The van der Waals surface area contributed by atoms with Crippen LogP contribution in [0.4, 0.5) is 30.7 Å². The number of hydrogen-bond donors (Lipinski definition) is 1. The number of ether oxygens (including phenoxy) is 3. The number of carbonyl (C=O) groups is 2. The SMILES string of the molecule is CCCOC(=O)C(OCCC(F)(F)C(F)(F)S(=O)(=O)O)(OC(=O)C1CCCCC1)C(F)(F)F. The molecule has 1 unspecified atom stereocenters. The van der Waals surface area contributed by atoms with E-state index in [0.29, 0.717) is 19.3 Å². The van der Waals surface area contributed by atoms with Gasteiger partial charge >= 0.3 is 45.2 Å². The molecule has 16 heteroatoms. The topological polar surface area (TPSA) is 116 Å². The van der Waals surface area contributed by atoms with E-state index in [-0.39, 0.29) is 19.3 Å². The third kappa shape index (κ3) is 6.68. The molecule has 0 amide bonds. The summed E-state index contributed by atoms with van der Waals surface area (Å²) in [5.74, 6) is -15.1. The van der Waals surface area contributed by atoms with Crippen molar-refractivity contribution < 1.29 is 67.5 Å². The van der Waals surface area contributed by atoms with Gasteiger partial charge in [-0.3, -0.25) is 9.35 Å². The van der Waals surface area contributed by atoms with Crippen molar-refractivity contribution in [2.24, 2.45) is 5.92 Å². The smallest absolute Gasteiger partial charge is 0.461 e. The van der Waals surface area contributed by atoms with Crippen molar-refractivity contribution >= 4 is 22.1 Å². The molecule has 0 bridgehead atoms. The fourth-order valence-electron chi connectivity index (χ4n) is 2.90. The van der Waals surface area contributed by atoms with Gasteiger partial charge in [-0.2, -0.15) is 39.2 Å². The van der Waals surface area contributed by atoms with E-state index in [2.05, 4.69) is 14.2 Å². The molecule has 0 saturated heterocycles. The first kappa shape index (κ1) is 29.4. The van der Waals surface area contributed by atoms with Crippen LogP contribution >= 0.6 is 0 Å². The first-order valence-corrected chi connectivity index (χ1v) is 11.2. The van der Waals surface area contributed by atoms with Crippen LogP contribution in [-0.2, 0) is 33.9 Å². The highest BCUT2D eigenvalue weighted by Crippen LogP contribution is 2.43. The van der Waals surface area contributed by atoms with Gasteiger partial charge in [0.25, 0.3) is 0 Å². The highest BCUT2D eigenvalue weighted by molar-refractivity contribution is 7.87. The van der Waals surface area contributed by atoms with Crippen LogP contribution in [0.25, 0.3) is 0 Å². The number of hydrogen-bond acceptors (Lipinski definition) is 7. The first-order chi connectivity index (χ1) is 14.9. The normalized spacial score (nSPS) is 18.5. The van der Waals surface area contributed by atoms with Crippen LogP contribution in [0.3, 0.4) is 0 Å². The molecule has 1 fully saturated rings. The predicted molar refractivity (Wildman–Crippen MR) is 94.7 cm³/mol. The summed E-state index contributed by atoms with van der Waals surface area (Å²) in [4.78, 5) is 24.5. The average molecular weight is 520 g/mol. The van der Waals surface area contributed by atoms with E-state index in [1.807, 2.05) is 0 Å². The van der Waals surface area contributed by atoms with Crippen LogP contribution in [-0.4, -0.2) is 61.3 Å². The monoisotopic (exact) mass is 520 g/mol. The Bertz CT molecular complexity index is 794.